The van der Waals surface area contributed by atoms with Crippen molar-refractivity contribution in [1.82, 2.24) is 15.1 Å². The highest BCUT2D eigenvalue weighted by atomic mass is 16.2. The number of carbonyl (C=O) groups is 2. The molecule has 1 aromatic heterocycles. The minimum atomic E-state index is -0.386. The number of hydrogen-bond donors (Lipinski definition) is 1. The molecule has 2 aromatic rings. The van der Waals surface area contributed by atoms with Crippen molar-refractivity contribution < 1.29 is 9.59 Å². The number of aryl methyl sites for hydroxylation is 1. The number of rotatable bonds is 5. The Hall–Kier alpha value is -2.63. The first-order chi connectivity index (χ1) is 11.6. The van der Waals surface area contributed by atoms with Gasteiger partial charge in [0, 0.05) is 24.5 Å². The van der Waals surface area contributed by atoms with Crippen LogP contribution in [0.15, 0.2) is 36.4 Å². The Morgan fingerprint density at radius 3 is 2.75 bits per heavy atom. The summed E-state index contributed by atoms with van der Waals surface area (Å²) in [5, 5.41) is 6.95. The predicted octanol–water partition coefficient (Wildman–Crippen LogP) is 1.91. The van der Waals surface area contributed by atoms with Gasteiger partial charge in [0.1, 0.15) is 6.04 Å². The maximum Gasteiger partial charge on any atom is 0.249 e. The third-order valence-corrected chi connectivity index (χ3v) is 4.37. The molecule has 24 heavy (non-hydrogen) atoms. The lowest BCUT2D eigenvalue weighted by molar-refractivity contribution is -0.137. The van der Waals surface area contributed by atoms with Crippen LogP contribution in [0.3, 0.4) is 0 Å². The van der Waals surface area contributed by atoms with Crippen molar-refractivity contribution in [2.24, 2.45) is 0 Å². The standard InChI is InChI=1S/C18H22N4O2/c1-3-21(17(23)12-14-11-13(2)19-20-14)16-9-10-22(18(16)24)15-7-5-4-6-8-15/h4-8,11,16H,3,9-10,12H2,1-2H3,(H,19,20)/t16-/m0/s1. The van der Waals surface area contributed by atoms with E-state index in [9.17, 15) is 9.59 Å². The Kier molecular flexibility index (Phi) is 4.64. The fourth-order valence-corrected chi connectivity index (χ4v) is 3.21. The summed E-state index contributed by atoms with van der Waals surface area (Å²) in [4.78, 5) is 28.8. The molecule has 1 N–H and O–H groups in total. The van der Waals surface area contributed by atoms with E-state index >= 15 is 0 Å². The van der Waals surface area contributed by atoms with Crippen LogP contribution >= 0.6 is 0 Å². The van der Waals surface area contributed by atoms with Crippen molar-refractivity contribution in [2.75, 3.05) is 18.0 Å². The van der Waals surface area contributed by atoms with E-state index < -0.39 is 0 Å². The third kappa shape index (κ3) is 3.18. The SMILES string of the molecule is CCN(C(=O)Cc1cc(C)[nH]n1)[C@H]1CCN(c2ccccc2)C1=O. The Bertz CT molecular complexity index is 726. The molecule has 6 nitrogen and oxygen atoms in total. The number of benzene rings is 1. The van der Waals surface area contributed by atoms with Gasteiger partial charge in [0.15, 0.2) is 0 Å². The minimum absolute atomic E-state index is 0.00499. The van der Waals surface area contributed by atoms with Gasteiger partial charge in [-0.15, -0.1) is 0 Å². The summed E-state index contributed by atoms with van der Waals surface area (Å²) < 4.78 is 0. The van der Waals surface area contributed by atoms with Gasteiger partial charge in [-0.05, 0) is 38.5 Å². The van der Waals surface area contributed by atoms with E-state index in [1.54, 1.807) is 9.80 Å². The molecule has 1 saturated heterocycles. The molecule has 2 amide bonds. The molecule has 1 atom stereocenters. The zero-order chi connectivity index (χ0) is 17.1. The molecule has 0 spiro atoms. The number of carbonyl (C=O) groups excluding carboxylic acids is 2. The van der Waals surface area contributed by atoms with Crippen LogP contribution in [0.1, 0.15) is 24.7 Å². The Morgan fingerprint density at radius 2 is 2.12 bits per heavy atom. The number of anilines is 1. The van der Waals surface area contributed by atoms with Crippen molar-refractivity contribution in [2.45, 2.75) is 32.7 Å². The molecule has 0 saturated carbocycles. The molecule has 0 bridgehead atoms. The monoisotopic (exact) mass is 326 g/mol. The normalized spacial score (nSPS) is 17.3. The van der Waals surface area contributed by atoms with Crippen LogP contribution in [0.5, 0.6) is 0 Å². The number of amides is 2. The maximum absolute atomic E-state index is 12.8. The molecule has 1 aliphatic rings. The van der Waals surface area contributed by atoms with Gasteiger partial charge in [-0.2, -0.15) is 5.10 Å². The molecule has 0 radical (unpaired) electrons. The second-order valence-electron chi connectivity index (χ2n) is 6.03. The Balaban J connectivity index is 1.72. The molecule has 1 fully saturated rings. The first kappa shape index (κ1) is 16.2. The van der Waals surface area contributed by atoms with Gasteiger partial charge < -0.3 is 9.80 Å². The fourth-order valence-electron chi connectivity index (χ4n) is 3.21. The van der Waals surface area contributed by atoms with Gasteiger partial charge in [0.05, 0.1) is 12.1 Å². The predicted molar refractivity (Wildman–Crippen MR) is 91.6 cm³/mol. The molecule has 126 valence electrons. The van der Waals surface area contributed by atoms with Crippen LogP contribution in [0, 0.1) is 6.92 Å². The van der Waals surface area contributed by atoms with Gasteiger partial charge in [-0.25, -0.2) is 0 Å². The summed E-state index contributed by atoms with van der Waals surface area (Å²) in [6, 6.07) is 11.1. The summed E-state index contributed by atoms with van der Waals surface area (Å²) >= 11 is 0. The Labute approximate surface area is 141 Å². The van der Waals surface area contributed by atoms with E-state index in [1.165, 1.54) is 0 Å². The second-order valence-corrected chi connectivity index (χ2v) is 6.03. The van der Waals surface area contributed by atoms with Gasteiger partial charge in [-0.3, -0.25) is 14.7 Å². The lowest BCUT2D eigenvalue weighted by Crippen LogP contribution is -2.46. The van der Waals surface area contributed by atoms with Crippen LogP contribution in [0.25, 0.3) is 0 Å². The highest BCUT2D eigenvalue weighted by molar-refractivity contribution is 6.01. The van der Waals surface area contributed by atoms with Crippen LogP contribution in [-0.2, 0) is 16.0 Å². The molecular weight excluding hydrogens is 304 g/mol. The summed E-state index contributed by atoms with van der Waals surface area (Å²) in [5.41, 5.74) is 2.52. The molecule has 6 heteroatoms. The van der Waals surface area contributed by atoms with E-state index in [0.717, 1.165) is 11.4 Å². The molecule has 2 heterocycles. The largest absolute Gasteiger partial charge is 0.331 e. The third-order valence-electron chi connectivity index (χ3n) is 4.37. The number of likely N-dealkylation sites (N-methyl/N-ethyl adjacent to an activating group) is 1. The number of hydrogen-bond acceptors (Lipinski definition) is 3. The van der Waals surface area contributed by atoms with Crippen molar-refractivity contribution in [1.29, 1.82) is 0 Å². The minimum Gasteiger partial charge on any atom is -0.331 e. The van der Waals surface area contributed by atoms with Crippen molar-refractivity contribution in [3.8, 4) is 0 Å². The van der Waals surface area contributed by atoms with E-state index in [4.69, 9.17) is 0 Å². The summed E-state index contributed by atoms with van der Waals surface area (Å²) in [5.74, 6) is -0.0631. The lowest BCUT2D eigenvalue weighted by Gasteiger charge is -2.26. The van der Waals surface area contributed by atoms with Gasteiger partial charge in [0.25, 0.3) is 0 Å². The number of nitrogens with zero attached hydrogens (tertiary/aromatic N) is 3. The van der Waals surface area contributed by atoms with Crippen molar-refractivity contribution in [3.05, 3.63) is 47.8 Å². The summed E-state index contributed by atoms with van der Waals surface area (Å²) in [7, 11) is 0. The number of aromatic nitrogens is 2. The topological polar surface area (TPSA) is 69.3 Å². The maximum atomic E-state index is 12.8. The fraction of sp³-hybridized carbons (Fsp3) is 0.389. The molecule has 0 unspecified atom stereocenters. The number of para-hydroxylation sites is 1. The zero-order valence-corrected chi connectivity index (χ0v) is 14.0. The lowest BCUT2D eigenvalue weighted by atomic mass is 10.1. The molecular formula is C18H22N4O2. The first-order valence-corrected chi connectivity index (χ1v) is 8.27. The molecule has 3 rings (SSSR count). The van der Waals surface area contributed by atoms with Gasteiger partial charge >= 0.3 is 0 Å². The van der Waals surface area contributed by atoms with Crippen LogP contribution in [-0.4, -0.2) is 46.0 Å². The van der Waals surface area contributed by atoms with E-state index in [2.05, 4.69) is 10.2 Å². The van der Waals surface area contributed by atoms with E-state index in [-0.39, 0.29) is 24.3 Å². The number of aromatic amines is 1. The van der Waals surface area contributed by atoms with E-state index in [1.807, 2.05) is 50.2 Å². The van der Waals surface area contributed by atoms with Crippen LogP contribution in [0.2, 0.25) is 0 Å². The number of H-pyrrole nitrogens is 1. The van der Waals surface area contributed by atoms with E-state index in [0.29, 0.717) is 25.2 Å². The van der Waals surface area contributed by atoms with Crippen LogP contribution < -0.4 is 4.90 Å². The highest BCUT2D eigenvalue weighted by Gasteiger charge is 2.38. The Morgan fingerprint density at radius 1 is 1.38 bits per heavy atom. The van der Waals surface area contributed by atoms with Gasteiger partial charge in [0.2, 0.25) is 11.8 Å². The molecule has 1 aliphatic heterocycles. The van der Waals surface area contributed by atoms with Crippen LogP contribution in [0.4, 0.5) is 5.69 Å². The molecule has 1 aromatic carbocycles. The smallest absolute Gasteiger partial charge is 0.249 e. The van der Waals surface area contributed by atoms with Gasteiger partial charge in [-0.1, -0.05) is 18.2 Å². The summed E-state index contributed by atoms with van der Waals surface area (Å²) in [6.45, 7) is 4.96. The van der Waals surface area contributed by atoms with Crippen molar-refractivity contribution >= 4 is 17.5 Å². The number of nitrogens with one attached hydrogen (secondary N) is 1. The average Bonchev–Trinajstić information content (AvgIpc) is 3.16. The first-order valence-electron chi connectivity index (χ1n) is 8.27. The summed E-state index contributed by atoms with van der Waals surface area (Å²) in [6.07, 6.45) is 0.875. The van der Waals surface area contributed by atoms with Crippen molar-refractivity contribution in [3.63, 3.8) is 0 Å². The molecule has 0 aliphatic carbocycles. The second kappa shape index (κ2) is 6.86. The quantitative estimate of drug-likeness (QED) is 0.912. The highest BCUT2D eigenvalue weighted by Crippen LogP contribution is 2.24. The zero-order valence-electron chi connectivity index (χ0n) is 14.0. The average molecular weight is 326 g/mol.